The molecule has 0 spiro atoms. The van der Waals surface area contributed by atoms with Gasteiger partial charge in [0.1, 0.15) is 0 Å². The van der Waals surface area contributed by atoms with Crippen LogP contribution < -0.4 is 0 Å². The van der Waals surface area contributed by atoms with E-state index in [1.807, 2.05) is 37.3 Å². The Morgan fingerprint density at radius 1 is 1.24 bits per heavy atom. The number of carbonyl (C=O) groups excluding carboxylic acids is 1. The molecular weight excluding hydrogens is 239 g/mol. The van der Waals surface area contributed by atoms with E-state index in [-0.39, 0.29) is 0 Å². The minimum Gasteiger partial charge on any atom is -0.307 e. The molecule has 5 heteroatoms. The molecule has 94 valence electrons. The predicted molar refractivity (Wildman–Crippen MR) is 66.1 cm³/mol. The lowest BCUT2D eigenvalue weighted by molar-refractivity contribution is -0.115. The highest BCUT2D eigenvalue weighted by molar-refractivity contribution is 7.72. The van der Waals surface area contributed by atoms with E-state index < -0.39 is 19.0 Å². The van der Waals surface area contributed by atoms with Crippen molar-refractivity contribution in [3.8, 4) is 0 Å². The maximum Gasteiger partial charge on any atom is 0.396 e. The van der Waals surface area contributed by atoms with Crippen molar-refractivity contribution < 1.29 is 18.4 Å². The number of hydrogen-bond acceptors (Lipinski definition) is 4. The molecule has 0 radical (unpaired) electrons. The summed E-state index contributed by atoms with van der Waals surface area (Å²) in [6.07, 6.45) is 0.555. The van der Waals surface area contributed by atoms with Gasteiger partial charge in [0.25, 0.3) is 5.52 Å². The van der Waals surface area contributed by atoms with Gasteiger partial charge in [-0.25, -0.2) is 0 Å². The molecule has 0 saturated carbocycles. The van der Waals surface area contributed by atoms with Crippen LogP contribution in [-0.2, 0) is 18.4 Å². The molecular formula is C12H17O4P. The molecule has 4 nitrogen and oxygen atoms in total. The van der Waals surface area contributed by atoms with Crippen molar-refractivity contribution in [3.05, 3.63) is 35.9 Å². The van der Waals surface area contributed by atoms with E-state index in [1.165, 1.54) is 14.2 Å². The highest BCUT2D eigenvalue weighted by atomic mass is 31.2. The van der Waals surface area contributed by atoms with Gasteiger partial charge in [0, 0.05) is 14.2 Å². The van der Waals surface area contributed by atoms with E-state index in [4.69, 9.17) is 9.05 Å². The van der Waals surface area contributed by atoms with Gasteiger partial charge < -0.3 is 9.05 Å². The van der Waals surface area contributed by atoms with Crippen molar-refractivity contribution >= 4 is 13.1 Å². The Morgan fingerprint density at radius 3 is 2.18 bits per heavy atom. The Kier molecular flexibility index (Phi) is 5.06. The van der Waals surface area contributed by atoms with Gasteiger partial charge >= 0.3 is 7.60 Å². The largest absolute Gasteiger partial charge is 0.396 e. The topological polar surface area (TPSA) is 52.6 Å². The number of benzene rings is 1. The van der Waals surface area contributed by atoms with Crippen LogP contribution in [0, 0.1) is 0 Å². The maximum atomic E-state index is 12.1. The molecule has 1 rings (SSSR count). The van der Waals surface area contributed by atoms with E-state index in [2.05, 4.69) is 0 Å². The molecule has 0 aliphatic rings. The molecule has 1 atom stereocenters. The zero-order valence-corrected chi connectivity index (χ0v) is 11.1. The molecule has 0 aliphatic heterocycles. The molecule has 0 bridgehead atoms. The van der Waals surface area contributed by atoms with E-state index in [0.717, 1.165) is 5.56 Å². The van der Waals surface area contributed by atoms with Gasteiger partial charge in [0.15, 0.2) is 0 Å². The first-order valence-corrected chi connectivity index (χ1v) is 6.94. The molecule has 0 aliphatic carbocycles. The molecule has 1 aromatic rings. The van der Waals surface area contributed by atoms with Crippen LogP contribution in [0.4, 0.5) is 0 Å². The maximum absolute atomic E-state index is 12.1. The minimum absolute atomic E-state index is 0.457. The van der Waals surface area contributed by atoms with E-state index >= 15 is 0 Å². The Balaban J connectivity index is 3.04. The lowest BCUT2D eigenvalue weighted by Gasteiger charge is -2.19. The number of hydrogen-bond donors (Lipinski definition) is 0. The number of rotatable bonds is 6. The van der Waals surface area contributed by atoms with Crippen molar-refractivity contribution in [2.24, 2.45) is 0 Å². The van der Waals surface area contributed by atoms with Gasteiger partial charge in [0.05, 0.1) is 5.92 Å². The Labute approximate surface area is 101 Å². The van der Waals surface area contributed by atoms with Crippen LogP contribution in [0.2, 0.25) is 0 Å². The second-order valence-electron chi connectivity index (χ2n) is 3.57. The Morgan fingerprint density at radius 2 is 1.76 bits per heavy atom. The fourth-order valence-electron chi connectivity index (χ4n) is 1.68. The lowest BCUT2D eigenvalue weighted by atomic mass is 9.98. The van der Waals surface area contributed by atoms with Crippen LogP contribution in [0.25, 0.3) is 0 Å². The average Bonchev–Trinajstić information content (AvgIpc) is 2.39. The van der Waals surface area contributed by atoms with Gasteiger partial charge in [-0.2, -0.15) is 0 Å². The summed E-state index contributed by atoms with van der Waals surface area (Å²) in [5.74, 6) is -0.457. The van der Waals surface area contributed by atoms with Crippen molar-refractivity contribution in [1.82, 2.24) is 0 Å². The quantitative estimate of drug-likeness (QED) is 0.733. The summed E-state index contributed by atoms with van der Waals surface area (Å²) in [5.41, 5.74) is 0.338. The minimum atomic E-state index is -3.65. The fourth-order valence-corrected chi connectivity index (χ4v) is 2.91. The molecule has 0 aromatic heterocycles. The molecule has 0 amide bonds. The van der Waals surface area contributed by atoms with E-state index in [1.54, 1.807) is 0 Å². The van der Waals surface area contributed by atoms with Gasteiger partial charge in [-0.1, -0.05) is 37.3 Å². The fraction of sp³-hybridized carbons (Fsp3) is 0.417. The normalized spacial score (nSPS) is 13.4. The summed E-state index contributed by atoms with van der Waals surface area (Å²) < 4.78 is 21.5. The van der Waals surface area contributed by atoms with Gasteiger partial charge in [-0.05, 0) is 12.0 Å². The molecule has 1 unspecified atom stereocenters. The van der Waals surface area contributed by atoms with Crippen molar-refractivity contribution in [1.29, 1.82) is 0 Å². The second kappa shape index (κ2) is 6.10. The molecule has 0 fully saturated rings. The van der Waals surface area contributed by atoms with Gasteiger partial charge in [0.2, 0.25) is 0 Å². The van der Waals surface area contributed by atoms with Crippen molar-refractivity contribution in [2.75, 3.05) is 14.2 Å². The van der Waals surface area contributed by atoms with Crippen LogP contribution in [0.15, 0.2) is 30.3 Å². The monoisotopic (exact) mass is 256 g/mol. The third-order valence-electron chi connectivity index (χ3n) is 2.66. The smallest absolute Gasteiger partial charge is 0.307 e. The lowest BCUT2D eigenvalue weighted by Crippen LogP contribution is -2.14. The van der Waals surface area contributed by atoms with Crippen LogP contribution in [-0.4, -0.2) is 19.7 Å². The number of carbonyl (C=O) groups is 1. The zero-order chi connectivity index (χ0) is 12.9. The molecule has 0 N–H and O–H groups in total. The van der Waals surface area contributed by atoms with Crippen molar-refractivity contribution in [3.63, 3.8) is 0 Å². The third-order valence-corrected chi connectivity index (χ3v) is 4.47. The van der Waals surface area contributed by atoms with Gasteiger partial charge in [-0.15, -0.1) is 0 Å². The van der Waals surface area contributed by atoms with Crippen LogP contribution >= 0.6 is 7.60 Å². The summed E-state index contributed by atoms with van der Waals surface area (Å²) in [5, 5.41) is 0. The molecule has 0 heterocycles. The first kappa shape index (κ1) is 14.1. The SMILES string of the molecule is CCC(C(=O)P(=O)(OC)OC)c1ccccc1. The van der Waals surface area contributed by atoms with Gasteiger partial charge in [-0.3, -0.25) is 9.36 Å². The van der Waals surface area contributed by atoms with E-state index in [0.29, 0.717) is 6.42 Å². The third kappa shape index (κ3) is 3.03. The summed E-state index contributed by atoms with van der Waals surface area (Å²) in [4.78, 5) is 12.1. The first-order chi connectivity index (χ1) is 8.09. The van der Waals surface area contributed by atoms with Crippen molar-refractivity contribution in [2.45, 2.75) is 19.3 Å². The summed E-state index contributed by atoms with van der Waals surface area (Å²) in [7, 11) is -1.20. The Bertz CT molecular complexity index is 408. The van der Waals surface area contributed by atoms with Crippen LogP contribution in [0.5, 0.6) is 0 Å². The van der Waals surface area contributed by atoms with Crippen LogP contribution in [0.3, 0.4) is 0 Å². The molecule has 1 aromatic carbocycles. The predicted octanol–water partition coefficient (Wildman–Crippen LogP) is 3.19. The summed E-state index contributed by atoms with van der Waals surface area (Å²) in [6, 6.07) is 9.22. The molecule has 0 saturated heterocycles. The van der Waals surface area contributed by atoms with E-state index in [9.17, 15) is 9.36 Å². The Hall–Kier alpha value is -0.960. The summed E-state index contributed by atoms with van der Waals surface area (Å²) in [6.45, 7) is 1.87. The summed E-state index contributed by atoms with van der Waals surface area (Å²) >= 11 is 0. The first-order valence-electron chi connectivity index (χ1n) is 5.40. The standard InChI is InChI=1S/C12H17O4P/c1-4-11(10-8-6-5-7-9-10)12(13)17(14,15-2)16-3/h5-9,11H,4H2,1-3H3. The highest BCUT2D eigenvalue weighted by Crippen LogP contribution is 2.51. The zero-order valence-electron chi connectivity index (χ0n) is 10.3. The highest BCUT2D eigenvalue weighted by Gasteiger charge is 2.37. The second-order valence-corrected chi connectivity index (χ2v) is 5.74. The van der Waals surface area contributed by atoms with Crippen LogP contribution in [0.1, 0.15) is 24.8 Å². The molecule has 17 heavy (non-hydrogen) atoms. The average molecular weight is 256 g/mol.